The first kappa shape index (κ1) is 14.9. The van der Waals surface area contributed by atoms with E-state index in [2.05, 4.69) is 41.7 Å². The van der Waals surface area contributed by atoms with Crippen LogP contribution in [0.1, 0.15) is 12.5 Å². The zero-order valence-corrected chi connectivity index (χ0v) is 12.7. The standard InChI is InChI=1S/C17H21NOS/c1-2-19-16-10-8-15(9-11-16)14-18-12-13-20-17-6-4-3-5-7-17/h3-11,18H,2,12-14H2,1H3. The molecule has 0 heterocycles. The summed E-state index contributed by atoms with van der Waals surface area (Å²) < 4.78 is 5.43. The summed E-state index contributed by atoms with van der Waals surface area (Å²) in [5, 5.41) is 3.46. The molecule has 0 bridgehead atoms. The van der Waals surface area contributed by atoms with Crippen molar-refractivity contribution in [3.8, 4) is 5.75 Å². The Hall–Kier alpha value is -1.45. The third-order valence-electron chi connectivity index (χ3n) is 2.85. The molecule has 0 radical (unpaired) electrons. The van der Waals surface area contributed by atoms with Crippen LogP contribution in [0.5, 0.6) is 5.75 Å². The fourth-order valence-corrected chi connectivity index (χ4v) is 2.69. The second-order valence-corrected chi connectivity index (χ2v) is 5.58. The summed E-state index contributed by atoms with van der Waals surface area (Å²) in [7, 11) is 0. The van der Waals surface area contributed by atoms with E-state index in [0.29, 0.717) is 6.61 Å². The molecule has 0 spiro atoms. The Labute approximate surface area is 125 Å². The van der Waals surface area contributed by atoms with Crippen molar-refractivity contribution in [3.63, 3.8) is 0 Å². The minimum atomic E-state index is 0.717. The topological polar surface area (TPSA) is 21.3 Å². The molecular weight excluding hydrogens is 266 g/mol. The maximum Gasteiger partial charge on any atom is 0.119 e. The van der Waals surface area contributed by atoms with Crippen LogP contribution in [0.2, 0.25) is 0 Å². The molecule has 2 rings (SSSR count). The van der Waals surface area contributed by atoms with Gasteiger partial charge < -0.3 is 10.1 Å². The molecule has 2 nitrogen and oxygen atoms in total. The number of ether oxygens (including phenoxy) is 1. The van der Waals surface area contributed by atoms with E-state index in [9.17, 15) is 0 Å². The van der Waals surface area contributed by atoms with Gasteiger partial charge in [0.15, 0.2) is 0 Å². The minimum Gasteiger partial charge on any atom is -0.494 e. The molecule has 0 saturated carbocycles. The van der Waals surface area contributed by atoms with Crippen molar-refractivity contribution in [2.24, 2.45) is 0 Å². The van der Waals surface area contributed by atoms with Crippen LogP contribution in [0.3, 0.4) is 0 Å². The minimum absolute atomic E-state index is 0.717. The van der Waals surface area contributed by atoms with Crippen molar-refractivity contribution in [2.75, 3.05) is 18.9 Å². The second kappa shape index (κ2) is 8.67. The average molecular weight is 287 g/mol. The summed E-state index contributed by atoms with van der Waals surface area (Å²) in [4.78, 5) is 1.33. The summed E-state index contributed by atoms with van der Waals surface area (Å²) in [5.41, 5.74) is 1.29. The molecule has 0 amide bonds. The van der Waals surface area contributed by atoms with Crippen LogP contribution < -0.4 is 10.1 Å². The van der Waals surface area contributed by atoms with Crippen LogP contribution >= 0.6 is 11.8 Å². The molecule has 106 valence electrons. The Morgan fingerprint density at radius 3 is 2.45 bits per heavy atom. The van der Waals surface area contributed by atoms with E-state index in [1.165, 1.54) is 10.5 Å². The normalized spacial score (nSPS) is 10.4. The van der Waals surface area contributed by atoms with Crippen LogP contribution in [-0.4, -0.2) is 18.9 Å². The van der Waals surface area contributed by atoms with Gasteiger partial charge >= 0.3 is 0 Å². The molecule has 0 aromatic heterocycles. The zero-order valence-electron chi connectivity index (χ0n) is 11.8. The largest absolute Gasteiger partial charge is 0.494 e. The first-order chi connectivity index (χ1) is 9.88. The second-order valence-electron chi connectivity index (χ2n) is 4.42. The van der Waals surface area contributed by atoms with E-state index >= 15 is 0 Å². The highest BCUT2D eigenvalue weighted by Gasteiger charge is 1.96. The Bertz CT molecular complexity index is 484. The lowest BCUT2D eigenvalue weighted by Gasteiger charge is -2.07. The number of benzene rings is 2. The van der Waals surface area contributed by atoms with Crippen molar-refractivity contribution in [1.29, 1.82) is 0 Å². The van der Waals surface area contributed by atoms with Crippen LogP contribution in [0, 0.1) is 0 Å². The van der Waals surface area contributed by atoms with Crippen LogP contribution in [-0.2, 0) is 6.54 Å². The predicted molar refractivity (Wildman–Crippen MR) is 86.5 cm³/mol. The highest BCUT2D eigenvalue weighted by atomic mass is 32.2. The number of hydrogen-bond acceptors (Lipinski definition) is 3. The van der Waals surface area contributed by atoms with E-state index in [4.69, 9.17) is 4.74 Å². The maximum atomic E-state index is 5.43. The van der Waals surface area contributed by atoms with Crippen molar-refractivity contribution in [2.45, 2.75) is 18.4 Å². The molecule has 0 fully saturated rings. The van der Waals surface area contributed by atoms with Gasteiger partial charge in [0.05, 0.1) is 6.61 Å². The molecule has 0 saturated heterocycles. The molecule has 3 heteroatoms. The highest BCUT2D eigenvalue weighted by Crippen LogP contribution is 2.16. The number of rotatable bonds is 8. The smallest absolute Gasteiger partial charge is 0.119 e. The molecule has 0 aliphatic carbocycles. The average Bonchev–Trinajstić information content (AvgIpc) is 2.50. The lowest BCUT2D eigenvalue weighted by molar-refractivity contribution is 0.340. The summed E-state index contributed by atoms with van der Waals surface area (Å²) in [6, 6.07) is 18.8. The van der Waals surface area contributed by atoms with Gasteiger partial charge in [0.2, 0.25) is 0 Å². The van der Waals surface area contributed by atoms with Gasteiger partial charge in [-0.25, -0.2) is 0 Å². The maximum absolute atomic E-state index is 5.43. The lowest BCUT2D eigenvalue weighted by atomic mass is 10.2. The molecule has 0 unspecified atom stereocenters. The molecule has 0 atom stereocenters. The van der Waals surface area contributed by atoms with E-state index in [-0.39, 0.29) is 0 Å². The molecule has 0 aliphatic rings. The fourth-order valence-electron chi connectivity index (χ4n) is 1.86. The van der Waals surface area contributed by atoms with Gasteiger partial charge in [-0.05, 0) is 36.8 Å². The first-order valence-corrected chi connectivity index (χ1v) is 7.97. The lowest BCUT2D eigenvalue weighted by Crippen LogP contribution is -2.16. The third kappa shape index (κ3) is 5.27. The Kier molecular flexibility index (Phi) is 6.48. The predicted octanol–water partition coefficient (Wildman–Crippen LogP) is 3.97. The Balaban J connectivity index is 1.63. The van der Waals surface area contributed by atoms with E-state index < -0.39 is 0 Å². The molecule has 2 aromatic rings. The summed E-state index contributed by atoms with van der Waals surface area (Å²) in [6.07, 6.45) is 0. The first-order valence-electron chi connectivity index (χ1n) is 6.99. The fraction of sp³-hybridized carbons (Fsp3) is 0.294. The Morgan fingerprint density at radius 2 is 1.75 bits per heavy atom. The van der Waals surface area contributed by atoms with Gasteiger partial charge in [0.1, 0.15) is 5.75 Å². The van der Waals surface area contributed by atoms with Gasteiger partial charge in [-0.3, -0.25) is 0 Å². The van der Waals surface area contributed by atoms with Crippen molar-refractivity contribution in [3.05, 3.63) is 60.2 Å². The van der Waals surface area contributed by atoms with E-state index in [1.54, 1.807) is 0 Å². The number of nitrogens with one attached hydrogen (secondary N) is 1. The third-order valence-corrected chi connectivity index (χ3v) is 3.87. The molecule has 20 heavy (non-hydrogen) atoms. The van der Waals surface area contributed by atoms with Crippen molar-refractivity contribution < 1.29 is 4.74 Å². The van der Waals surface area contributed by atoms with Crippen LogP contribution in [0.15, 0.2) is 59.5 Å². The van der Waals surface area contributed by atoms with Gasteiger partial charge in [-0.2, -0.15) is 0 Å². The summed E-state index contributed by atoms with van der Waals surface area (Å²) >= 11 is 1.88. The van der Waals surface area contributed by atoms with Gasteiger partial charge in [0.25, 0.3) is 0 Å². The highest BCUT2D eigenvalue weighted by molar-refractivity contribution is 7.99. The summed E-state index contributed by atoms with van der Waals surface area (Å²) in [5.74, 6) is 2.03. The molecular formula is C17H21NOS. The van der Waals surface area contributed by atoms with E-state index in [0.717, 1.165) is 24.6 Å². The summed E-state index contributed by atoms with van der Waals surface area (Å²) in [6.45, 7) is 4.63. The quantitative estimate of drug-likeness (QED) is 0.586. The zero-order chi connectivity index (χ0) is 14.0. The van der Waals surface area contributed by atoms with Gasteiger partial charge in [-0.1, -0.05) is 30.3 Å². The number of thioether (sulfide) groups is 1. The van der Waals surface area contributed by atoms with Gasteiger partial charge in [0, 0.05) is 23.7 Å². The SMILES string of the molecule is CCOc1ccc(CNCCSc2ccccc2)cc1. The van der Waals surface area contributed by atoms with Crippen LogP contribution in [0.4, 0.5) is 0 Å². The molecule has 1 N–H and O–H groups in total. The van der Waals surface area contributed by atoms with Crippen LogP contribution in [0.25, 0.3) is 0 Å². The van der Waals surface area contributed by atoms with Crippen molar-refractivity contribution >= 4 is 11.8 Å². The number of hydrogen-bond donors (Lipinski definition) is 1. The molecule has 0 aliphatic heterocycles. The monoisotopic (exact) mass is 287 g/mol. The van der Waals surface area contributed by atoms with E-state index in [1.807, 2.05) is 36.9 Å². The van der Waals surface area contributed by atoms with Gasteiger partial charge in [-0.15, -0.1) is 11.8 Å². The van der Waals surface area contributed by atoms with Crippen molar-refractivity contribution in [1.82, 2.24) is 5.32 Å². The Morgan fingerprint density at radius 1 is 1.00 bits per heavy atom. The molecule has 2 aromatic carbocycles.